The van der Waals surface area contributed by atoms with Crippen molar-refractivity contribution in [3.63, 3.8) is 0 Å². The maximum absolute atomic E-state index is 12.5. The predicted molar refractivity (Wildman–Crippen MR) is 111 cm³/mol. The summed E-state index contributed by atoms with van der Waals surface area (Å²) in [7, 11) is 0. The largest absolute Gasteiger partial charge is 0.454 e. The molecule has 5 rings (SSSR count). The molecule has 1 saturated heterocycles. The number of fused-ring (bicyclic) bond motifs is 2. The van der Waals surface area contributed by atoms with Gasteiger partial charge in [-0.2, -0.15) is 0 Å². The van der Waals surface area contributed by atoms with Crippen molar-refractivity contribution < 1.29 is 14.3 Å². The predicted octanol–water partition coefficient (Wildman–Crippen LogP) is 3.30. The second kappa shape index (κ2) is 7.37. The second-order valence-electron chi connectivity index (χ2n) is 7.74. The molecular weight excluding hydrogens is 378 g/mol. The molecule has 0 unspecified atom stereocenters. The molecule has 0 radical (unpaired) electrons. The van der Waals surface area contributed by atoms with Gasteiger partial charge in [-0.05, 0) is 11.1 Å². The molecule has 0 bridgehead atoms. The number of ketones is 1. The molecule has 0 N–H and O–H groups in total. The Morgan fingerprint density at radius 2 is 1.67 bits per heavy atom. The Morgan fingerprint density at radius 1 is 0.933 bits per heavy atom. The van der Waals surface area contributed by atoms with Crippen LogP contribution in [0.4, 0.5) is 5.82 Å². The molecule has 6 heteroatoms. The Hall–Kier alpha value is -3.54. The van der Waals surface area contributed by atoms with Crippen molar-refractivity contribution in [2.45, 2.75) is 24.9 Å². The van der Waals surface area contributed by atoms with Crippen molar-refractivity contribution >= 4 is 17.6 Å². The number of rotatable bonds is 3. The number of carbonyl (C=O) groups excluding carboxylic acids is 2. The summed E-state index contributed by atoms with van der Waals surface area (Å²) in [4.78, 5) is 35.6. The Morgan fingerprint density at radius 3 is 2.40 bits per heavy atom. The zero-order valence-electron chi connectivity index (χ0n) is 16.5. The lowest BCUT2D eigenvalue weighted by atomic mass is 9.79. The van der Waals surface area contributed by atoms with Crippen LogP contribution in [-0.4, -0.2) is 34.8 Å². The molecule has 1 spiro atoms. The third-order valence-corrected chi connectivity index (χ3v) is 5.95. The van der Waals surface area contributed by atoms with E-state index in [1.54, 1.807) is 18.3 Å². The van der Waals surface area contributed by atoms with Gasteiger partial charge in [0.25, 0.3) is 0 Å². The molecule has 1 aromatic heterocycles. The standard InChI is InChI=1S/C24H21N3O3/c28-22-14-18-8-4-5-9-19(18)24(30-22)10-12-27(13-11-24)21-16-25-20(15-26-21)23(29)17-6-2-1-3-7-17/h1-9,15-16H,10-14H2. The molecule has 150 valence electrons. The van der Waals surface area contributed by atoms with Gasteiger partial charge in [0.05, 0.1) is 18.8 Å². The van der Waals surface area contributed by atoms with Crippen LogP contribution in [0.3, 0.4) is 0 Å². The number of nitrogens with zero attached hydrogens (tertiary/aromatic N) is 3. The van der Waals surface area contributed by atoms with Crippen LogP contribution >= 0.6 is 0 Å². The molecule has 0 saturated carbocycles. The van der Waals surface area contributed by atoms with E-state index >= 15 is 0 Å². The minimum absolute atomic E-state index is 0.141. The number of aromatic nitrogens is 2. The average Bonchev–Trinajstić information content (AvgIpc) is 2.80. The van der Waals surface area contributed by atoms with Crippen LogP contribution in [0.15, 0.2) is 67.0 Å². The summed E-state index contributed by atoms with van der Waals surface area (Å²) in [6.07, 6.45) is 4.91. The lowest BCUT2D eigenvalue weighted by molar-refractivity contribution is -0.165. The topological polar surface area (TPSA) is 72.4 Å². The lowest BCUT2D eigenvalue weighted by Crippen LogP contribution is -2.48. The monoisotopic (exact) mass is 399 g/mol. The van der Waals surface area contributed by atoms with Gasteiger partial charge in [0, 0.05) is 31.5 Å². The number of piperidine rings is 1. The number of ether oxygens (including phenoxy) is 1. The van der Waals surface area contributed by atoms with Crippen LogP contribution in [0.1, 0.15) is 40.0 Å². The summed E-state index contributed by atoms with van der Waals surface area (Å²) in [5, 5.41) is 0. The van der Waals surface area contributed by atoms with E-state index in [1.807, 2.05) is 36.4 Å². The van der Waals surface area contributed by atoms with E-state index in [9.17, 15) is 9.59 Å². The van der Waals surface area contributed by atoms with Gasteiger partial charge in [-0.15, -0.1) is 0 Å². The van der Waals surface area contributed by atoms with E-state index in [0.29, 0.717) is 43.6 Å². The van der Waals surface area contributed by atoms with Gasteiger partial charge >= 0.3 is 5.97 Å². The molecule has 30 heavy (non-hydrogen) atoms. The van der Waals surface area contributed by atoms with Crippen LogP contribution in [-0.2, 0) is 21.6 Å². The summed E-state index contributed by atoms with van der Waals surface area (Å²) in [5.41, 5.74) is 2.55. The van der Waals surface area contributed by atoms with Crippen LogP contribution < -0.4 is 4.90 Å². The highest BCUT2D eigenvalue weighted by Crippen LogP contribution is 2.42. The molecular formula is C24H21N3O3. The highest BCUT2D eigenvalue weighted by atomic mass is 16.6. The van der Waals surface area contributed by atoms with E-state index in [-0.39, 0.29) is 11.8 Å². The van der Waals surface area contributed by atoms with Crippen LogP contribution in [0.2, 0.25) is 0 Å². The van der Waals surface area contributed by atoms with Crippen molar-refractivity contribution in [2.24, 2.45) is 0 Å². The molecule has 2 aliphatic heterocycles. The van der Waals surface area contributed by atoms with Gasteiger partial charge in [-0.25, -0.2) is 9.97 Å². The van der Waals surface area contributed by atoms with Gasteiger partial charge in [0.1, 0.15) is 17.1 Å². The maximum Gasteiger partial charge on any atom is 0.311 e. The van der Waals surface area contributed by atoms with E-state index in [4.69, 9.17) is 4.74 Å². The fourth-order valence-corrected chi connectivity index (χ4v) is 4.39. The number of hydrogen-bond acceptors (Lipinski definition) is 6. The third kappa shape index (κ3) is 3.24. The first-order chi connectivity index (χ1) is 14.6. The third-order valence-electron chi connectivity index (χ3n) is 5.95. The molecule has 2 aliphatic rings. The number of carbonyl (C=O) groups is 2. The van der Waals surface area contributed by atoms with Crippen molar-refractivity contribution in [2.75, 3.05) is 18.0 Å². The fourth-order valence-electron chi connectivity index (χ4n) is 4.39. The maximum atomic E-state index is 12.5. The zero-order chi connectivity index (χ0) is 20.6. The smallest absolute Gasteiger partial charge is 0.311 e. The van der Waals surface area contributed by atoms with Crippen molar-refractivity contribution in [1.82, 2.24) is 9.97 Å². The molecule has 0 amide bonds. The minimum atomic E-state index is -0.556. The van der Waals surface area contributed by atoms with Crippen molar-refractivity contribution in [1.29, 1.82) is 0 Å². The zero-order valence-corrected chi connectivity index (χ0v) is 16.5. The Bertz CT molecular complexity index is 1090. The fraction of sp³-hybridized carbons (Fsp3) is 0.250. The van der Waals surface area contributed by atoms with Crippen molar-refractivity contribution in [3.05, 3.63) is 89.4 Å². The van der Waals surface area contributed by atoms with Crippen LogP contribution in [0.5, 0.6) is 0 Å². The number of esters is 1. The molecule has 0 aliphatic carbocycles. The highest BCUT2D eigenvalue weighted by molar-refractivity contribution is 6.07. The molecule has 0 atom stereocenters. The van der Waals surface area contributed by atoms with Gasteiger partial charge < -0.3 is 9.64 Å². The average molecular weight is 399 g/mol. The first-order valence-electron chi connectivity index (χ1n) is 10.1. The molecule has 1 fully saturated rings. The van der Waals surface area contributed by atoms with E-state index < -0.39 is 5.60 Å². The summed E-state index contributed by atoms with van der Waals surface area (Å²) in [6.45, 7) is 1.39. The summed E-state index contributed by atoms with van der Waals surface area (Å²) < 4.78 is 5.88. The second-order valence-corrected chi connectivity index (χ2v) is 7.74. The molecule has 3 aromatic rings. The van der Waals surface area contributed by atoms with Crippen LogP contribution in [0.25, 0.3) is 0 Å². The first kappa shape index (κ1) is 18.5. The number of benzene rings is 2. The Kier molecular flexibility index (Phi) is 4.54. The summed E-state index contributed by atoms with van der Waals surface area (Å²) in [5.74, 6) is 0.425. The quantitative estimate of drug-likeness (QED) is 0.497. The van der Waals surface area contributed by atoms with Gasteiger partial charge in [-0.3, -0.25) is 9.59 Å². The van der Waals surface area contributed by atoms with Gasteiger partial charge in [0.15, 0.2) is 0 Å². The number of hydrogen-bond donors (Lipinski definition) is 0. The van der Waals surface area contributed by atoms with Crippen molar-refractivity contribution in [3.8, 4) is 0 Å². The Balaban J connectivity index is 1.32. The highest BCUT2D eigenvalue weighted by Gasteiger charge is 2.44. The van der Waals surface area contributed by atoms with E-state index in [0.717, 1.165) is 16.9 Å². The molecule has 2 aromatic carbocycles. The van der Waals surface area contributed by atoms with Crippen LogP contribution in [0, 0.1) is 0 Å². The lowest BCUT2D eigenvalue weighted by Gasteiger charge is -2.44. The SMILES string of the molecule is O=C1Cc2ccccc2C2(CCN(c3cnc(C(=O)c4ccccc4)cn3)CC2)O1. The molecule has 6 nitrogen and oxygen atoms in total. The minimum Gasteiger partial charge on any atom is -0.454 e. The van der Waals surface area contributed by atoms with E-state index in [1.165, 1.54) is 6.20 Å². The van der Waals surface area contributed by atoms with E-state index in [2.05, 4.69) is 20.9 Å². The van der Waals surface area contributed by atoms with Gasteiger partial charge in [-0.1, -0.05) is 54.6 Å². The summed E-state index contributed by atoms with van der Waals surface area (Å²) in [6, 6.07) is 17.1. The Labute approximate surface area is 174 Å². The normalized spacial score (nSPS) is 17.3. The van der Waals surface area contributed by atoms with Gasteiger partial charge in [0.2, 0.25) is 5.78 Å². The number of anilines is 1. The first-order valence-corrected chi connectivity index (χ1v) is 10.1. The molecule has 3 heterocycles. The summed E-state index contributed by atoms with van der Waals surface area (Å²) >= 11 is 0.